The zero-order valence-corrected chi connectivity index (χ0v) is 13.2. The van der Waals surface area contributed by atoms with E-state index in [1.807, 2.05) is 0 Å². The molecule has 1 saturated carbocycles. The summed E-state index contributed by atoms with van der Waals surface area (Å²) in [6.45, 7) is 3.56. The van der Waals surface area contributed by atoms with Crippen molar-refractivity contribution in [2.75, 3.05) is 19.8 Å². The van der Waals surface area contributed by atoms with Gasteiger partial charge in [-0.25, -0.2) is 0 Å². The highest BCUT2D eigenvalue weighted by atomic mass is 32.1. The standard InChI is InChI=1S/C16H23NO3S/c1-11-2-9-21-14(11)12-10-13(12)15(19)17-16(3-6-18)4-7-20-8-5-16/h2,9,12-13,18H,3-8,10H2,1H3,(H,17,19)/t12-,13+/m0/s1. The van der Waals surface area contributed by atoms with Crippen LogP contribution in [0, 0.1) is 12.8 Å². The van der Waals surface area contributed by atoms with Crippen LogP contribution in [0.2, 0.25) is 0 Å². The molecule has 2 N–H and O–H groups in total. The van der Waals surface area contributed by atoms with Crippen LogP contribution in [0.3, 0.4) is 0 Å². The number of aliphatic hydroxyl groups excluding tert-OH is 1. The lowest BCUT2D eigenvalue weighted by molar-refractivity contribution is -0.126. The Morgan fingerprint density at radius 1 is 1.52 bits per heavy atom. The van der Waals surface area contributed by atoms with Crippen molar-refractivity contribution < 1.29 is 14.6 Å². The number of aryl methyl sites for hydroxylation is 1. The summed E-state index contributed by atoms with van der Waals surface area (Å²) in [5.41, 5.74) is 1.04. The predicted octanol–water partition coefficient (Wildman–Crippen LogP) is 2.21. The van der Waals surface area contributed by atoms with E-state index < -0.39 is 0 Å². The molecule has 4 nitrogen and oxygen atoms in total. The van der Waals surface area contributed by atoms with Crippen molar-refractivity contribution >= 4 is 17.2 Å². The van der Waals surface area contributed by atoms with E-state index in [-0.39, 0.29) is 24.0 Å². The average molecular weight is 309 g/mol. The molecule has 1 aromatic heterocycles. The van der Waals surface area contributed by atoms with Gasteiger partial charge in [0.15, 0.2) is 0 Å². The van der Waals surface area contributed by atoms with E-state index in [1.54, 1.807) is 11.3 Å². The minimum atomic E-state index is -0.262. The van der Waals surface area contributed by atoms with Gasteiger partial charge < -0.3 is 15.2 Å². The van der Waals surface area contributed by atoms with E-state index in [2.05, 4.69) is 23.7 Å². The van der Waals surface area contributed by atoms with Crippen LogP contribution < -0.4 is 5.32 Å². The van der Waals surface area contributed by atoms with Gasteiger partial charge in [0.05, 0.1) is 0 Å². The summed E-state index contributed by atoms with van der Waals surface area (Å²) in [5, 5.41) is 14.6. The van der Waals surface area contributed by atoms with Crippen molar-refractivity contribution in [1.29, 1.82) is 0 Å². The van der Waals surface area contributed by atoms with Gasteiger partial charge in [-0.1, -0.05) is 0 Å². The normalized spacial score (nSPS) is 27.3. The Morgan fingerprint density at radius 2 is 2.29 bits per heavy atom. The summed E-state index contributed by atoms with van der Waals surface area (Å²) in [6, 6.07) is 2.12. The first kappa shape index (κ1) is 15.0. The van der Waals surface area contributed by atoms with Gasteiger partial charge in [0.2, 0.25) is 5.91 Å². The molecule has 2 atom stereocenters. The molecule has 21 heavy (non-hydrogen) atoms. The molecule has 2 heterocycles. The Bertz CT molecular complexity index is 502. The maximum atomic E-state index is 12.5. The molecule has 2 fully saturated rings. The molecule has 5 heteroatoms. The van der Waals surface area contributed by atoms with Gasteiger partial charge in [0.25, 0.3) is 0 Å². The third-order valence-corrected chi connectivity index (χ3v) is 5.95. The van der Waals surface area contributed by atoms with Crippen LogP contribution in [0.4, 0.5) is 0 Å². The molecule has 1 aromatic rings. The molecule has 1 saturated heterocycles. The third-order valence-electron chi connectivity index (χ3n) is 4.79. The second-order valence-electron chi connectivity index (χ2n) is 6.27. The highest BCUT2D eigenvalue weighted by Gasteiger charge is 2.47. The SMILES string of the molecule is Cc1ccsc1[C@H]1C[C@H]1C(=O)NC1(CCO)CCOCC1. The van der Waals surface area contributed by atoms with E-state index >= 15 is 0 Å². The zero-order valence-electron chi connectivity index (χ0n) is 12.4. The maximum Gasteiger partial charge on any atom is 0.224 e. The smallest absolute Gasteiger partial charge is 0.224 e. The van der Waals surface area contributed by atoms with Gasteiger partial charge in [0, 0.05) is 42.1 Å². The Labute approximate surface area is 129 Å². The lowest BCUT2D eigenvalue weighted by atomic mass is 9.86. The fourth-order valence-electron chi connectivity index (χ4n) is 3.31. The third kappa shape index (κ3) is 3.15. The Kier molecular flexibility index (Phi) is 4.33. The van der Waals surface area contributed by atoms with Gasteiger partial charge >= 0.3 is 0 Å². The van der Waals surface area contributed by atoms with E-state index in [0.29, 0.717) is 25.6 Å². The summed E-state index contributed by atoms with van der Waals surface area (Å²) >= 11 is 1.76. The van der Waals surface area contributed by atoms with Crippen LogP contribution in [-0.2, 0) is 9.53 Å². The van der Waals surface area contributed by atoms with Crippen LogP contribution in [0.5, 0.6) is 0 Å². The molecule has 1 amide bonds. The van der Waals surface area contributed by atoms with Crippen LogP contribution >= 0.6 is 11.3 Å². The van der Waals surface area contributed by atoms with Crippen molar-refractivity contribution in [2.45, 2.75) is 44.1 Å². The predicted molar refractivity (Wildman–Crippen MR) is 82.5 cm³/mol. The number of carbonyl (C=O) groups excluding carboxylic acids is 1. The number of ether oxygens (including phenoxy) is 1. The Morgan fingerprint density at radius 3 is 2.90 bits per heavy atom. The minimum absolute atomic E-state index is 0.110. The van der Waals surface area contributed by atoms with E-state index in [0.717, 1.165) is 19.3 Å². The van der Waals surface area contributed by atoms with Crippen molar-refractivity contribution in [1.82, 2.24) is 5.32 Å². The first-order valence-electron chi connectivity index (χ1n) is 7.70. The van der Waals surface area contributed by atoms with Crippen LogP contribution in [0.15, 0.2) is 11.4 Å². The number of rotatable bonds is 5. The number of hydrogen-bond donors (Lipinski definition) is 2. The lowest BCUT2D eigenvalue weighted by Crippen LogP contribution is -2.53. The van der Waals surface area contributed by atoms with E-state index in [1.165, 1.54) is 10.4 Å². The number of hydrogen-bond acceptors (Lipinski definition) is 4. The molecule has 0 bridgehead atoms. The number of nitrogens with one attached hydrogen (secondary N) is 1. The van der Waals surface area contributed by atoms with Crippen molar-refractivity contribution in [3.8, 4) is 0 Å². The second-order valence-corrected chi connectivity index (χ2v) is 7.22. The topological polar surface area (TPSA) is 58.6 Å². The fraction of sp³-hybridized carbons (Fsp3) is 0.688. The van der Waals surface area contributed by atoms with Gasteiger partial charge in [-0.05, 0) is 49.6 Å². The zero-order chi connectivity index (χ0) is 14.9. The quantitative estimate of drug-likeness (QED) is 0.877. The van der Waals surface area contributed by atoms with Crippen LogP contribution in [0.1, 0.15) is 42.0 Å². The molecule has 0 unspecified atom stereocenters. The van der Waals surface area contributed by atoms with Gasteiger partial charge in [-0.2, -0.15) is 0 Å². The van der Waals surface area contributed by atoms with E-state index in [9.17, 15) is 9.90 Å². The second kappa shape index (κ2) is 6.07. The number of thiophene rings is 1. The van der Waals surface area contributed by atoms with Crippen molar-refractivity contribution in [2.24, 2.45) is 5.92 Å². The molecule has 0 aromatic carbocycles. The molecule has 0 radical (unpaired) electrons. The van der Waals surface area contributed by atoms with Gasteiger partial charge in [-0.3, -0.25) is 4.79 Å². The molecule has 1 aliphatic carbocycles. The number of amides is 1. The number of aliphatic hydroxyl groups is 1. The summed E-state index contributed by atoms with van der Waals surface area (Å²) in [7, 11) is 0. The monoisotopic (exact) mass is 309 g/mol. The maximum absolute atomic E-state index is 12.5. The number of carbonyl (C=O) groups is 1. The molecule has 1 aliphatic heterocycles. The highest BCUT2D eigenvalue weighted by molar-refractivity contribution is 7.10. The largest absolute Gasteiger partial charge is 0.396 e. The molecular weight excluding hydrogens is 286 g/mol. The fourth-order valence-corrected chi connectivity index (χ4v) is 4.41. The van der Waals surface area contributed by atoms with Crippen LogP contribution in [0.25, 0.3) is 0 Å². The van der Waals surface area contributed by atoms with Crippen LogP contribution in [-0.4, -0.2) is 36.4 Å². The molecule has 2 aliphatic rings. The molecule has 3 rings (SSSR count). The summed E-state index contributed by atoms with van der Waals surface area (Å²) in [6.07, 6.45) is 3.18. The average Bonchev–Trinajstić information content (AvgIpc) is 3.15. The first-order chi connectivity index (χ1) is 10.2. The summed E-state index contributed by atoms with van der Waals surface area (Å²) in [5.74, 6) is 0.667. The lowest BCUT2D eigenvalue weighted by Gasteiger charge is -2.37. The highest BCUT2D eigenvalue weighted by Crippen LogP contribution is 2.50. The van der Waals surface area contributed by atoms with Gasteiger partial charge in [0.1, 0.15) is 0 Å². The minimum Gasteiger partial charge on any atom is -0.396 e. The summed E-state index contributed by atoms with van der Waals surface area (Å²) in [4.78, 5) is 13.9. The first-order valence-corrected chi connectivity index (χ1v) is 8.58. The van der Waals surface area contributed by atoms with Crippen molar-refractivity contribution in [3.05, 3.63) is 21.9 Å². The molecule has 0 spiro atoms. The molecule has 116 valence electrons. The molecular formula is C16H23NO3S. The Hall–Kier alpha value is -0.910. The Balaban J connectivity index is 1.62. The van der Waals surface area contributed by atoms with Crippen molar-refractivity contribution in [3.63, 3.8) is 0 Å². The van der Waals surface area contributed by atoms with E-state index in [4.69, 9.17) is 4.74 Å². The van der Waals surface area contributed by atoms with Gasteiger partial charge in [-0.15, -0.1) is 11.3 Å². The summed E-state index contributed by atoms with van der Waals surface area (Å²) < 4.78 is 5.39.